The number of halogens is 1. The highest BCUT2D eigenvalue weighted by atomic mass is 19.1. The van der Waals surface area contributed by atoms with Gasteiger partial charge in [0.05, 0.1) is 6.54 Å². The van der Waals surface area contributed by atoms with E-state index in [-0.39, 0.29) is 12.4 Å². The number of pyridine rings is 1. The molecule has 0 saturated carbocycles. The molecule has 24 heavy (non-hydrogen) atoms. The molecule has 120 valence electrons. The fourth-order valence-corrected chi connectivity index (χ4v) is 2.47. The highest BCUT2D eigenvalue weighted by molar-refractivity contribution is 5.49. The number of ether oxygens (including phenoxy) is 1. The average molecular weight is 323 g/mol. The van der Waals surface area contributed by atoms with Crippen molar-refractivity contribution in [3.05, 3.63) is 78.3 Å². The first kappa shape index (κ1) is 14.4. The van der Waals surface area contributed by atoms with E-state index in [0.29, 0.717) is 22.9 Å². The summed E-state index contributed by atoms with van der Waals surface area (Å²) in [4.78, 5) is 8.85. The van der Waals surface area contributed by atoms with Crippen LogP contribution in [0.4, 0.5) is 4.39 Å². The van der Waals surface area contributed by atoms with Crippen LogP contribution in [0.15, 0.2) is 61.1 Å². The van der Waals surface area contributed by atoms with E-state index < -0.39 is 6.23 Å². The number of hydrogen-bond donors (Lipinski definition) is 1. The fourth-order valence-electron chi connectivity index (χ4n) is 2.47. The summed E-state index contributed by atoms with van der Waals surface area (Å²) in [6.45, 7) is 0.256. The molecule has 1 aliphatic rings. The third kappa shape index (κ3) is 2.71. The van der Waals surface area contributed by atoms with Crippen LogP contribution in [0.5, 0.6) is 0 Å². The predicted octanol–water partition coefficient (Wildman–Crippen LogP) is 2.62. The van der Waals surface area contributed by atoms with E-state index in [0.717, 1.165) is 0 Å². The first-order valence-corrected chi connectivity index (χ1v) is 7.47. The summed E-state index contributed by atoms with van der Waals surface area (Å²) in [7, 11) is 0. The number of nitrogens with zero attached hydrogens (tertiary/aromatic N) is 4. The molecule has 1 aromatic carbocycles. The lowest BCUT2D eigenvalue weighted by Gasteiger charge is -2.07. The number of benzene rings is 1. The molecule has 0 aliphatic carbocycles. The molecule has 1 aliphatic heterocycles. The highest BCUT2D eigenvalue weighted by Crippen LogP contribution is 2.21. The van der Waals surface area contributed by atoms with Crippen molar-refractivity contribution in [1.29, 1.82) is 0 Å². The zero-order valence-electron chi connectivity index (χ0n) is 12.6. The molecule has 1 N–H and O–H groups in total. The molecule has 0 amide bonds. The molecule has 0 bridgehead atoms. The third-order valence-corrected chi connectivity index (χ3v) is 3.62. The van der Waals surface area contributed by atoms with Gasteiger partial charge in [0.1, 0.15) is 17.8 Å². The smallest absolute Gasteiger partial charge is 0.231 e. The number of aromatic nitrogens is 4. The Morgan fingerprint density at radius 3 is 2.79 bits per heavy atom. The number of hydrogen-bond acceptors (Lipinski definition) is 5. The normalized spacial score (nSPS) is 16.0. The standard InChI is InChI=1S/C17H14FN5O/c18-13-6-2-1-5-12(13)11-23-16(14-7-3-4-8-19-14)21-15(22-23)17-20-9-10-24-17/h1-10,17,20H,11H2. The Bertz CT molecular complexity index is 870. The van der Waals surface area contributed by atoms with Crippen LogP contribution < -0.4 is 5.32 Å². The van der Waals surface area contributed by atoms with Crippen molar-refractivity contribution in [3.63, 3.8) is 0 Å². The molecule has 3 heterocycles. The SMILES string of the molecule is Fc1ccccc1Cn1nc(C2NC=CO2)nc1-c1ccccn1. The lowest BCUT2D eigenvalue weighted by molar-refractivity contribution is 0.145. The minimum atomic E-state index is -0.450. The van der Waals surface area contributed by atoms with Crippen LogP contribution in [0.3, 0.4) is 0 Å². The second-order valence-corrected chi connectivity index (χ2v) is 5.24. The van der Waals surface area contributed by atoms with Gasteiger partial charge >= 0.3 is 0 Å². The van der Waals surface area contributed by atoms with E-state index in [2.05, 4.69) is 20.4 Å². The largest absolute Gasteiger partial charge is 0.469 e. The Hall–Kier alpha value is -3.22. The molecule has 0 fully saturated rings. The third-order valence-electron chi connectivity index (χ3n) is 3.62. The lowest BCUT2D eigenvalue weighted by atomic mass is 10.2. The lowest BCUT2D eigenvalue weighted by Crippen LogP contribution is -2.14. The van der Waals surface area contributed by atoms with Crippen molar-refractivity contribution < 1.29 is 9.13 Å². The van der Waals surface area contributed by atoms with Gasteiger partial charge in [0.2, 0.25) is 12.1 Å². The molecule has 0 spiro atoms. The van der Waals surface area contributed by atoms with Gasteiger partial charge < -0.3 is 10.1 Å². The van der Waals surface area contributed by atoms with Crippen LogP contribution in [-0.2, 0) is 11.3 Å². The predicted molar refractivity (Wildman–Crippen MR) is 84.9 cm³/mol. The highest BCUT2D eigenvalue weighted by Gasteiger charge is 2.22. The molecule has 7 heteroatoms. The Labute approximate surface area is 137 Å². The first-order valence-electron chi connectivity index (χ1n) is 7.47. The Morgan fingerprint density at radius 1 is 1.17 bits per heavy atom. The van der Waals surface area contributed by atoms with Gasteiger partial charge in [0.25, 0.3) is 0 Å². The summed E-state index contributed by atoms with van der Waals surface area (Å²) in [5, 5.41) is 7.48. The van der Waals surface area contributed by atoms with Crippen LogP contribution in [0.2, 0.25) is 0 Å². The summed E-state index contributed by atoms with van der Waals surface area (Å²) in [6.07, 6.45) is 4.46. The van der Waals surface area contributed by atoms with E-state index >= 15 is 0 Å². The minimum absolute atomic E-state index is 0.256. The van der Waals surface area contributed by atoms with Gasteiger partial charge in [0.15, 0.2) is 5.82 Å². The van der Waals surface area contributed by atoms with Gasteiger partial charge in [-0.25, -0.2) is 14.1 Å². The second-order valence-electron chi connectivity index (χ2n) is 5.24. The van der Waals surface area contributed by atoms with Crippen molar-refractivity contribution in [3.8, 4) is 11.5 Å². The maximum atomic E-state index is 14.0. The Kier molecular flexibility index (Phi) is 3.66. The molecule has 2 aromatic heterocycles. The van der Waals surface area contributed by atoms with E-state index in [1.807, 2.05) is 18.2 Å². The van der Waals surface area contributed by atoms with Gasteiger partial charge in [-0.05, 0) is 18.2 Å². The summed E-state index contributed by atoms with van der Waals surface area (Å²) in [5.74, 6) is 0.751. The zero-order valence-corrected chi connectivity index (χ0v) is 12.6. The monoisotopic (exact) mass is 323 g/mol. The summed E-state index contributed by atoms with van der Waals surface area (Å²) in [5.41, 5.74) is 1.20. The van der Waals surface area contributed by atoms with E-state index in [1.54, 1.807) is 41.5 Å². The Morgan fingerprint density at radius 2 is 2.04 bits per heavy atom. The molecular weight excluding hydrogens is 309 g/mol. The topological polar surface area (TPSA) is 64.9 Å². The maximum Gasteiger partial charge on any atom is 0.231 e. The summed E-state index contributed by atoms with van der Waals surface area (Å²) >= 11 is 0. The number of rotatable bonds is 4. The van der Waals surface area contributed by atoms with Crippen LogP contribution in [-0.4, -0.2) is 19.7 Å². The fraction of sp³-hybridized carbons (Fsp3) is 0.118. The molecule has 3 aromatic rings. The van der Waals surface area contributed by atoms with Crippen LogP contribution in [0.1, 0.15) is 17.6 Å². The molecule has 6 nitrogen and oxygen atoms in total. The maximum absolute atomic E-state index is 14.0. The zero-order chi connectivity index (χ0) is 16.4. The number of nitrogens with one attached hydrogen (secondary N) is 1. The van der Waals surface area contributed by atoms with E-state index in [4.69, 9.17) is 4.74 Å². The quantitative estimate of drug-likeness (QED) is 0.799. The van der Waals surface area contributed by atoms with Crippen molar-refractivity contribution in [2.75, 3.05) is 0 Å². The average Bonchev–Trinajstić information content (AvgIpc) is 3.27. The van der Waals surface area contributed by atoms with Gasteiger partial charge in [-0.2, -0.15) is 0 Å². The Balaban J connectivity index is 1.74. The minimum Gasteiger partial charge on any atom is -0.469 e. The molecule has 4 rings (SSSR count). The van der Waals surface area contributed by atoms with E-state index in [9.17, 15) is 4.39 Å². The van der Waals surface area contributed by atoms with Crippen LogP contribution in [0.25, 0.3) is 11.5 Å². The summed E-state index contributed by atoms with van der Waals surface area (Å²) < 4.78 is 21.0. The molecule has 1 unspecified atom stereocenters. The molecule has 1 atom stereocenters. The van der Waals surface area contributed by atoms with Gasteiger partial charge in [-0.1, -0.05) is 24.3 Å². The van der Waals surface area contributed by atoms with Gasteiger partial charge in [-0.3, -0.25) is 4.98 Å². The van der Waals surface area contributed by atoms with Crippen LogP contribution >= 0.6 is 0 Å². The molecule has 0 saturated heterocycles. The summed E-state index contributed by atoms with van der Waals surface area (Å²) in [6, 6.07) is 12.1. The van der Waals surface area contributed by atoms with Gasteiger partial charge in [0, 0.05) is 18.0 Å². The second kappa shape index (κ2) is 6.11. The van der Waals surface area contributed by atoms with E-state index in [1.165, 1.54) is 6.07 Å². The van der Waals surface area contributed by atoms with Crippen molar-refractivity contribution in [1.82, 2.24) is 25.1 Å². The van der Waals surface area contributed by atoms with Crippen molar-refractivity contribution in [2.24, 2.45) is 0 Å². The molecule has 0 radical (unpaired) electrons. The van der Waals surface area contributed by atoms with Crippen molar-refractivity contribution >= 4 is 0 Å². The van der Waals surface area contributed by atoms with Crippen molar-refractivity contribution in [2.45, 2.75) is 12.8 Å². The first-order chi connectivity index (χ1) is 11.8. The molecular formula is C17H14FN5O. The van der Waals surface area contributed by atoms with Gasteiger partial charge in [-0.15, -0.1) is 5.10 Å². The van der Waals surface area contributed by atoms with Crippen LogP contribution in [0, 0.1) is 5.82 Å².